The van der Waals surface area contributed by atoms with Gasteiger partial charge in [-0.25, -0.2) is 4.79 Å². The maximum atomic E-state index is 13.8. The van der Waals surface area contributed by atoms with Crippen LogP contribution in [0.5, 0.6) is 0 Å². The fourth-order valence-corrected chi connectivity index (χ4v) is 10.4. The lowest BCUT2D eigenvalue weighted by atomic mass is 10.0. The predicted octanol–water partition coefficient (Wildman–Crippen LogP) is 11.3. The summed E-state index contributed by atoms with van der Waals surface area (Å²) < 4.78 is 139. The Kier molecular flexibility index (Phi) is 93.9. The lowest BCUT2D eigenvalue weighted by Crippen LogP contribution is -2.37. The average Bonchev–Trinajstić information content (AvgIpc) is 0.932. The summed E-state index contributed by atoms with van der Waals surface area (Å²) >= 11 is 0. The third-order valence-corrected chi connectivity index (χ3v) is 16.6. The first-order valence-electron chi connectivity index (χ1n) is 42.1. The van der Waals surface area contributed by atoms with E-state index in [0.29, 0.717) is 244 Å². The maximum absolute atomic E-state index is 13.8. The molecule has 109 heavy (non-hydrogen) atoms. The van der Waals surface area contributed by atoms with E-state index in [-0.39, 0.29) is 71.7 Å². The molecule has 0 aliphatic heterocycles. The second-order valence-electron chi connectivity index (χ2n) is 26.2. The number of carbonyl (C=O) groups is 3. The molecular weight excluding hydrogens is 1420 g/mol. The van der Waals surface area contributed by atoms with Crippen LogP contribution in [0.25, 0.3) is 0 Å². The zero-order chi connectivity index (χ0) is 78.5. The monoisotopic (exact) mass is 1580 g/mol. The van der Waals surface area contributed by atoms with Crippen molar-refractivity contribution in [1.29, 1.82) is 0 Å². The van der Waals surface area contributed by atoms with Crippen molar-refractivity contribution < 1.29 is 133 Å². The van der Waals surface area contributed by atoms with Crippen LogP contribution in [0.4, 0.5) is 0 Å². The van der Waals surface area contributed by atoms with Crippen LogP contribution in [0.15, 0.2) is 0 Å². The normalized spacial score (nSPS) is 12.2. The SMILES string of the molecule is CCCCCCCCCCCCCCCCC(=O)OC(COC(=O)CCCCCCCCCCCCCCC)COC(=O)C(COCCOCCOCCOCCOCCOCCOCCOCCOCCOCCOC)OCCOCCOCCOCCOCCOCCOCCOCCOCCOCCOC. The molecule has 0 amide bonds. The second-order valence-corrected chi connectivity index (χ2v) is 26.2. The van der Waals surface area contributed by atoms with Gasteiger partial charge in [-0.05, 0) is 12.8 Å². The van der Waals surface area contributed by atoms with E-state index in [1.165, 1.54) is 122 Å². The molecule has 0 radical (unpaired) electrons. The molecule has 0 aromatic rings. The van der Waals surface area contributed by atoms with E-state index < -0.39 is 24.1 Å². The molecule has 0 bridgehead atoms. The number of unbranched alkanes of at least 4 members (excludes halogenated alkanes) is 25. The molecule has 0 heterocycles. The molecule has 28 nitrogen and oxygen atoms in total. The van der Waals surface area contributed by atoms with Crippen molar-refractivity contribution in [2.45, 2.75) is 212 Å². The van der Waals surface area contributed by atoms with Crippen molar-refractivity contribution >= 4 is 17.9 Å². The summed E-state index contributed by atoms with van der Waals surface area (Å²) in [5, 5.41) is 0. The molecule has 28 heteroatoms. The second kappa shape index (κ2) is 96.1. The lowest BCUT2D eigenvalue weighted by molar-refractivity contribution is -0.174. The number of hydrogen-bond donors (Lipinski definition) is 0. The van der Waals surface area contributed by atoms with Gasteiger partial charge in [-0.2, -0.15) is 0 Å². The molecule has 0 fully saturated rings. The molecule has 0 spiro atoms. The first-order valence-corrected chi connectivity index (χ1v) is 42.1. The van der Waals surface area contributed by atoms with Crippen LogP contribution in [0.1, 0.15) is 200 Å². The van der Waals surface area contributed by atoms with Gasteiger partial charge >= 0.3 is 17.9 Å². The number of ether oxygens (including phenoxy) is 25. The maximum Gasteiger partial charge on any atom is 0.337 e. The quantitative estimate of drug-likeness (QED) is 0.0311. The van der Waals surface area contributed by atoms with E-state index in [2.05, 4.69) is 13.8 Å². The third-order valence-electron chi connectivity index (χ3n) is 16.6. The van der Waals surface area contributed by atoms with Gasteiger partial charge in [-0.15, -0.1) is 0 Å². The smallest absolute Gasteiger partial charge is 0.337 e. The van der Waals surface area contributed by atoms with Crippen LogP contribution < -0.4 is 0 Å². The van der Waals surface area contributed by atoms with E-state index in [0.717, 1.165) is 38.5 Å². The highest BCUT2D eigenvalue weighted by Crippen LogP contribution is 2.16. The summed E-state index contributed by atoms with van der Waals surface area (Å²) in [4.78, 5) is 40.0. The molecule has 0 rings (SSSR count). The van der Waals surface area contributed by atoms with Crippen molar-refractivity contribution in [2.75, 3.05) is 298 Å². The predicted molar refractivity (Wildman–Crippen MR) is 416 cm³/mol. The molecule has 650 valence electrons. The van der Waals surface area contributed by atoms with Crippen LogP contribution in [-0.4, -0.2) is 328 Å². The molecule has 0 aliphatic rings. The van der Waals surface area contributed by atoms with Crippen LogP contribution in [0, 0.1) is 0 Å². The Morgan fingerprint density at radius 2 is 0.413 bits per heavy atom. The molecule has 2 atom stereocenters. The number of rotatable bonds is 98. The Hall–Kier alpha value is -2.47. The minimum Gasteiger partial charge on any atom is -0.462 e. The first-order chi connectivity index (χ1) is 54.0. The van der Waals surface area contributed by atoms with Crippen molar-refractivity contribution in [3.05, 3.63) is 0 Å². The van der Waals surface area contributed by atoms with Gasteiger partial charge in [0.1, 0.15) is 13.2 Å². The van der Waals surface area contributed by atoms with Crippen LogP contribution in [-0.2, 0) is 133 Å². The summed E-state index contributed by atoms with van der Waals surface area (Å²) in [5.41, 5.74) is 0. The Bertz CT molecular complexity index is 1740. The minimum absolute atomic E-state index is 0.0419. The fourth-order valence-electron chi connectivity index (χ4n) is 10.4. The Morgan fingerprint density at radius 3 is 0.661 bits per heavy atom. The van der Waals surface area contributed by atoms with Gasteiger partial charge < -0.3 is 118 Å². The molecule has 0 saturated heterocycles. The highest BCUT2D eigenvalue weighted by Gasteiger charge is 2.25. The standard InChI is InChI=1S/C81H158O28/c1-5-7-9-11-13-15-17-19-21-23-25-27-29-31-33-80(83)109-77(74-107-79(82)32-30-28-26-24-22-20-18-16-14-12-10-8-6-2)75-108-81(84)78(106-73-72-104-69-68-102-65-64-100-61-60-98-57-56-96-53-51-94-49-47-92-45-43-90-41-39-88-37-35-86-4)76-105-71-70-103-67-66-101-63-62-99-59-58-97-55-54-95-52-50-93-48-46-91-44-42-89-40-38-87-36-34-85-3/h77-78H,5-76H2,1-4H3. The Labute approximate surface area is 658 Å². The number of methoxy groups -OCH3 is 2. The van der Waals surface area contributed by atoms with Gasteiger partial charge in [-0.1, -0.05) is 174 Å². The summed E-state index contributed by atoms with van der Waals surface area (Å²) in [5.74, 6) is -1.54. The lowest BCUT2D eigenvalue weighted by Gasteiger charge is -2.21. The Balaban J connectivity index is 4.93. The largest absolute Gasteiger partial charge is 0.462 e. The number of carbonyl (C=O) groups excluding carboxylic acids is 3. The van der Waals surface area contributed by atoms with Crippen molar-refractivity contribution in [1.82, 2.24) is 0 Å². The molecule has 0 aromatic carbocycles. The van der Waals surface area contributed by atoms with E-state index in [1.54, 1.807) is 14.2 Å². The molecular formula is C81H158O28. The van der Waals surface area contributed by atoms with Crippen molar-refractivity contribution in [2.24, 2.45) is 0 Å². The van der Waals surface area contributed by atoms with E-state index in [4.69, 9.17) is 118 Å². The van der Waals surface area contributed by atoms with Crippen molar-refractivity contribution in [3.63, 3.8) is 0 Å². The number of hydrogen-bond acceptors (Lipinski definition) is 28. The van der Waals surface area contributed by atoms with Gasteiger partial charge in [0.05, 0.1) is 271 Å². The third kappa shape index (κ3) is 90.9. The first kappa shape index (κ1) is 107. The zero-order valence-electron chi connectivity index (χ0n) is 69.0. The van der Waals surface area contributed by atoms with Gasteiger partial charge in [0.2, 0.25) is 0 Å². The summed E-state index contributed by atoms with van der Waals surface area (Å²) in [7, 11) is 3.28. The zero-order valence-corrected chi connectivity index (χ0v) is 69.0. The van der Waals surface area contributed by atoms with Gasteiger partial charge in [0, 0.05) is 27.1 Å². The van der Waals surface area contributed by atoms with Crippen LogP contribution in [0.3, 0.4) is 0 Å². The molecule has 0 saturated carbocycles. The van der Waals surface area contributed by atoms with Gasteiger partial charge in [0.15, 0.2) is 12.2 Å². The minimum atomic E-state index is -1.15. The highest BCUT2D eigenvalue weighted by atomic mass is 16.6. The molecule has 2 unspecified atom stereocenters. The highest BCUT2D eigenvalue weighted by molar-refractivity contribution is 5.75. The van der Waals surface area contributed by atoms with E-state index >= 15 is 0 Å². The summed E-state index contributed by atoms with van der Waals surface area (Å²) in [6, 6.07) is 0. The topological polar surface area (TPSA) is 282 Å². The van der Waals surface area contributed by atoms with Crippen molar-refractivity contribution in [3.8, 4) is 0 Å². The van der Waals surface area contributed by atoms with Gasteiger partial charge in [-0.3, -0.25) is 9.59 Å². The van der Waals surface area contributed by atoms with Crippen LogP contribution in [0.2, 0.25) is 0 Å². The number of esters is 3. The Morgan fingerprint density at radius 1 is 0.211 bits per heavy atom. The fraction of sp³-hybridized carbons (Fsp3) is 0.963. The average molecular weight is 1580 g/mol. The summed E-state index contributed by atoms with van der Waals surface area (Å²) in [6.07, 6.45) is 30.7. The van der Waals surface area contributed by atoms with E-state index in [9.17, 15) is 14.4 Å². The van der Waals surface area contributed by atoms with Crippen LogP contribution >= 0.6 is 0 Å². The van der Waals surface area contributed by atoms with Gasteiger partial charge in [0.25, 0.3) is 0 Å². The molecule has 0 aliphatic carbocycles. The molecule has 0 N–H and O–H groups in total. The van der Waals surface area contributed by atoms with E-state index in [1.807, 2.05) is 0 Å². The summed E-state index contributed by atoms with van der Waals surface area (Å²) in [6.45, 7) is 20.8. The molecule has 0 aromatic heterocycles.